The lowest BCUT2D eigenvalue weighted by molar-refractivity contribution is 0.590. The monoisotopic (exact) mass is 818 g/mol. The Morgan fingerprint density at radius 3 is 1.95 bits per heavy atom. The summed E-state index contributed by atoms with van der Waals surface area (Å²) in [6.45, 7) is 6.94. The number of hydrogen-bond donors (Lipinski definition) is 0. The number of benzene rings is 8. The van der Waals surface area contributed by atoms with Crippen LogP contribution in [0.2, 0.25) is 0 Å². The van der Waals surface area contributed by atoms with E-state index in [2.05, 4.69) is 188 Å². The molecule has 2 aliphatic rings. The summed E-state index contributed by atoms with van der Waals surface area (Å²) in [5.41, 5.74) is 15.7. The van der Waals surface area contributed by atoms with Crippen LogP contribution < -0.4 is 15.8 Å². The van der Waals surface area contributed by atoms with Gasteiger partial charge in [0.15, 0.2) is 0 Å². The third-order valence-corrected chi connectivity index (χ3v) is 16.8. The van der Waals surface area contributed by atoms with Gasteiger partial charge in [-0.25, -0.2) is 0 Å². The van der Waals surface area contributed by atoms with Crippen molar-refractivity contribution in [2.45, 2.75) is 26.2 Å². The Hall–Kier alpha value is -6.18. The molecule has 282 valence electrons. The zero-order valence-electron chi connectivity index (χ0n) is 33.2. The summed E-state index contributed by atoms with van der Waals surface area (Å²) in [7, 11) is 0. The number of aromatic nitrogens is 1. The first-order valence-electron chi connectivity index (χ1n) is 20.8. The van der Waals surface area contributed by atoms with Crippen molar-refractivity contribution in [3.8, 4) is 22.3 Å². The summed E-state index contributed by atoms with van der Waals surface area (Å²) >= 11 is 5.79. The summed E-state index contributed by atoms with van der Waals surface area (Å²) < 4.78 is 10.8. The van der Waals surface area contributed by atoms with Gasteiger partial charge in [-0.05, 0) is 75.5 Å². The van der Waals surface area contributed by atoms with Gasteiger partial charge in [-0.2, -0.15) is 0 Å². The summed E-state index contributed by atoms with van der Waals surface area (Å²) in [4.78, 5) is 2.70. The van der Waals surface area contributed by atoms with Gasteiger partial charge in [0.2, 0.25) is 0 Å². The molecule has 0 fully saturated rings. The van der Waals surface area contributed by atoms with Gasteiger partial charge in [0.1, 0.15) is 0 Å². The molecule has 0 amide bonds. The number of para-hydroxylation sites is 1. The zero-order valence-corrected chi connectivity index (χ0v) is 35.7. The number of thiophene rings is 3. The second-order valence-corrected chi connectivity index (χ2v) is 20.8. The summed E-state index contributed by atoms with van der Waals surface area (Å²) in [6.07, 6.45) is 0. The Balaban J connectivity index is 1.23. The van der Waals surface area contributed by atoms with E-state index in [1.165, 1.54) is 127 Å². The minimum Gasteiger partial charge on any atom is -0.374 e. The van der Waals surface area contributed by atoms with Crippen LogP contribution in [0.15, 0.2) is 158 Å². The molecule has 8 aromatic carbocycles. The Morgan fingerprint density at radius 1 is 0.467 bits per heavy atom. The van der Waals surface area contributed by atoms with E-state index in [0.717, 1.165) is 0 Å². The molecular formula is C54H35BN2S3. The number of rotatable bonds is 2. The van der Waals surface area contributed by atoms with Crippen LogP contribution in [-0.4, -0.2) is 11.3 Å². The van der Waals surface area contributed by atoms with Crippen molar-refractivity contribution in [2.24, 2.45) is 0 Å². The number of fused-ring (bicyclic) bond motifs is 16. The van der Waals surface area contributed by atoms with E-state index in [9.17, 15) is 0 Å². The summed E-state index contributed by atoms with van der Waals surface area (Å²) in [5.74, 6) is 0. The Kier molecular flexibility index (Phi) is 6.59. The highest BCUT2D eigenvalue weighted by Gasteiger charge is 2.45. The van der Waals surface area contributed by atoms with Crippen molar-refractivity contribution in [2.75, 3.05) is 4.90 Å². The van der Waals surface area contributed by atoms with Gasteiger partial charge in [0.25, 0.3) is 0 Å². The normalized spacial score (nSPS) is 13.5. The number of nitrogens with zero attached hydrogens (tertiary/aromatic N) is 2. The molecule has 0 saturated heterocycles. The molecule has 0 radical (unpaired) electrons. The van der Waals surface area contributed by atoms with Gasteiger partial charge in [-0.1, -0.05) is 136 Å². The molecule has 12 aromatic rings. The lowest BCUT2D eigenvalue weighted by atomic mass is 9.44. The van der Waals surface area contributed by atoms with Crippen LogP contribution >= 0.6 is 34.0 Å². The zero-order chi connectivity index (χ0) is 39.6. The second kappa shape index (κ2) is 11.8. The molecule has 0 saturated carbocycles. The van der Waals surface area contributed by atoms with E-state index >= 15 is 0 Å². The largest absolute Gasteiger partial charge is 0.374 e. The quantitative estimate of drug-likeness (QED) is 0.158. The third kappa shape index (κ3) is 4.33. The fourth-order valence-electron chi connectivity index (χ4n) is 10.7. The lowest BCUT2D eigenvalue weighted by Gasteiger charge is -2.42. The summed E-state index contributed by atoms with van der Waals surface area (Å²) in [6, 6.07) is 60.2. The first-order chi connectivity index (χ1) is 29.4. The van der Waals surface area contributed by atoms with E-state index in [1.54, 1.807) is 0 Å². The van der Waals surface area contributed by atoms with Crippen molar-refractivity contribution in [3.63, 3.8) is 0 Å². The average molecular weight is 819 g/mol. The minimum absolute atomic E-state index is 0.0167. The smallest absolute Gasteiger partial charge is 0.333 e. The van der Waals surface area contributed by atoms with Gasteiger partial charge in [0.05, 0.1) is 21.6 Å². The number of anilines is 3. The van der Waals surface area contributed by atoms with Gasteiger partial charge < -0.3 is 9.38 Å². The van der Waals surface area contributed by atoms with Crippen LogP contribution in [0.5, 0.6) is 0 Å². The Bertz CT molecular complexity index is 3840. The van der Waals surface area contributed by atoms with Gasteiger partial charge in [0, 0.05) is 78.1 Å². The highest BCUT2D eigenvalue weighted by Crippen LogP contribution is 2.54. The third-order valence-electron chi connectivity index (χ3n) is 13.3. The molecule has 0 spiro atoms. The molecule has 0 aliphatic carbocycles. The molecule has 2 nitrogen and oxygen atoms in total. The van der Waals surface area contributed by atoms with Gasteiger partial charge in [-0.3, -0.25) is 0 Å². The van der Waals surface area contributed by atoms with E-state index in [0.29, 0.717) is 0 Å². The van der Waals surface area contributed by atoms with Gasteiger partial charge >= 0.3 is 6.85 Å². The van der Waals surface area contributed by atoms with Crippen LogP contribution in [0, 0.1) is 0 Å². The molecule has 0 N–H and O–H groups in total. The highest BCUT2D eigenvalue weighted by atomic mass is 32.1. The predicted octanol–water partition coefficient (Wildman–Crippen LogP) is 15.1. The van der Waals surface area contributed by atoms with Gasteiger partial charge in [-0.15, -0.1) is 34.0 Å². The molecule has 0 atom stereocenters. The average Bonchev–Trinajstić information content (AvgIpc) is 4.03. The molecule has 0 unspecified atom stereocenters. The maximum absolute atomic E-state index is 2.77. The van der Waals surface area contributed by atoms with Crippen molar-refractivity contribution >= 4 is 140 Å². The first-order valence-corrected chi connectivity index (χ1v) is 23.2. The molecule has 4 aromatic heterocycles. The molecule has 6 heteroatoms. The number of hydrogen-bond acceptors (Lipinski definition) is 4. The lowest BCUT2D eigenvalue weighted by Crippen LogP contribution is -2.56. The van der Waals surface area contributed by atoms with E-state index in [4.69, 9.17) is 0 Å². The molecule has 60 heavy (non-hydrogen) atoms. The maximum atomic E-state index is 2.77. The van der Waals surface area contributed by atoms with Crippen molar-refractivity contribution in [1.29, 1.82) is 0 Å². The molecular weight excluding hydrogens is 784 g/mol. The van der Waals surface area contributed by atoms with E-state index in [-0.39, 0.29) is 12.3 Å². The van der Waals surface area contributed by atoms with E-state index < -0.39 is 0 Å². The Morgan fingerprint density at radius 2 is 1.15 bits per heavy atom. The van der Waals surface area contributed by atoms with Crippen molar-refractivity contribution in [1.82, 2.24) is 4.48 Å². The predicted molar refractivity (Wildman–Crippen MR) is 265 cm³/mol. The standard InChI is InChI=1S/C54H35BN2S3/c1-54(2,3)31-24-25-41(37(26-31)30-14-5-4-6-15-30)56-42-29-46-38(32-16-7-10-21-43(32)58-46)27-40(42)55-49-39(28-47-48(52(49)56)34-17-8-11-22-44(34)59-47)33-19-13-20-36-50(33)57(55)51-35-18-9-12-23-45(35)60-53(36)51/h4-29H,1-3H3. The first kappa shape index (κ1) is 33.6. The van der Waals surface area contributed by atoms with Crippen LogP contribution in [-0.2, 0) is 5.41 Å². The topological polar surface area (TPSA) is 8.17 Å². The second-order valence-electron chi connectivity index (χ2n) is 17.6. The highest BCUT2D eigenvalue weighted by molar-refractivity contribution is 7.27. The maximum Gasteiger partial charge on any atom is 0.333 e. The summed E-state index contributed by atoms with van der Waals surface area (Å²) in [5, 5.41) is 8.01. The molecule has 14 rings (SSSR count). The Labute approximate surface area is 359 Å². The fourth-order valence-corrected chi connectivity index (χ4v) is 14.2. The van der Waals surface area contributed by atoms with Crippen LogP contribution in [0.1, 0.15) is 26.3 Å². The minimum atomic E-state index is -0.0469. The van der Waals surface area contributed by atoms with Crippen LogP contribution in [0.4, 0.5) is 17.1 Å². The van der Waals surface area contributed by atoms with Crippen molar-refractivity contribution in [3.05, 3.63) is 163 Å². The fraction of sp³-hybridized carbons (Fsp3) is 0.0741. The molecule has 0 bridgehead atoms. The molecule has 6 heterocycles. The SMILES string of the molecule is CC(C)(C)c1ccc(N2c3cc4sc5ccccc5c4cc3B3c4c(cc5sc6ccccc6c5c42)-c2cccc4c5sc6ccccc6c5n3c24)c(-c2ccccc2)c1. The van der Waals surface area contributed by atoms with Crippen molar-refractivity contribution < 1.29 is 0 Å². The van der Waals surface area contributed by atoms with Crippen LogP contribution in [0.3, 0.4) is 0 Å². The van der Waals surface area contributed by atoms with E-state index in [1.807, 2.05) is 34.0 Å². The molecule has 2 aliphatic heterocycles. The van der Waals surface area contributed by atoms with Crippen LogP contribution in [0.25, 0.3) is 93.8 Å².